The number of carbonyl (C=O) groups is 1. The van der Waals surface area contributed by atoms with Crippen LogP contribution < -0.4 is 11.1 Å². The monoisotopic (exact) mass is 450 g/mol. The third-order valence-corrected chi connectivity index (χ3v) is 6.83. The van der Waals surface area contributed by atoms with Crippen molar-refractivity contribution in [1.82, 2.24) is 19.5 Å². The van der Waals surface area contributed by atoms with Crippen LogP contribution in [0.4, 0.5) is 5.13 Å². The molecule has 0 radical (unpaired) electrons. The van der Waals surface area contributed by atoms with Gasteiger partial charge < -0.3 is 20.4 Å². The van der Waals surface area contributed by atoms with Gasteiger partial charge in [-0.3, -0.25) is 4.79 Å². The van der Waals surface area contributed by atoms with Gasteiger partial charge in [0, 0.05) is 19.7 Å². The van der Waals surface area contributed by atoms with E-state index >= 15 is 0 Å². The second-order valence-corrected chi connectivity index (χ2v) is 9.30. The standard InChI is InChI=1S/C23H26N6O2S/c1-14(30)31-20-5-3-2-4-17(20)27-23-28-18-7-6-15(9-21(18)32-23)12-29-13-26-19-8-16(10-24)11-25-22(19)29/h6-9,11,13,17,20H,2-5,10,12,24H2,1H3,(H,27,28)/t17-,20-/m1/s1. The molecule has 1 aliphatic carbocycles. The highest BCUT2D eigenvalue weighted by molar-refractivity contribution is 7.22. The lowest BCUT2D eigenvalue weighted by molar-refractivity contribution is -0.148. The number of pyridine rings is 1. The zero-order valence-electron chi connectivity index (χ0n) is 18.0. The number of thiazole rings is 1. The third kappa shape index (κ3) is 4.31. The number of hydrogen-bond acceptors (Lipinski definition) is 8. The summed E-state index contributed by atoms with van der Waals surface area (Å²) in [6.45, 7) is 2.61. The average Bonchev–Trinajstić information content (AvgIpc) is 3.37. The zero-order chi connectivity index (χ0) is 22.1. The Hall–Kier alpha value is -3.04. The summed E-state index contributed by atoms with van der Waals surface area (Å²) in [5.41, 5.74) is 10.5. The van der Waals surface area contributed by atoms with Crippen molar-refractivity contribution in [3.8, 4) is 0 Å². The molecule has 0 unspecified atom stereocenters. The number of rotatable bonds is 6. The second kappa shape index (κ2) is 8.84. The molecule has 0 spiro atoms. The average molecular weight is 451 g/mol. The molecule has 166 valence electrons. The fraction of sp³-hybridized carbons (Fsp3) is 0.391. The van der Waals surface area contributed by atoms with Gasteiger partial charge in [-0.15, -0.1) is 0 Å². The van der Waals surface area contributed by atoms with E-state index < -0.39 is 0 Å². The van der Waals surface area contributed by atoms with E-state index in [2.05, 4.69) is 33.5 Å². The molecular formula is C23H26N6O2S. The van der Waals surface area contributed by atoms with Crippen LogP contribution in [0, 0.1) is 0 Å². The van der Waals surface area contributed by atoms with E-state index in [0.29, 0.717) is 13.1 Å². The first-order valence-electron chi connectivity index (χ1n) is 10.9. The summed E-state index contributed by atoms with van der Waals surface area (Å²) < 4.78 is 8.69. The molecule has 0 aliphatic heterocycles. The number of aromatic nitrogens is 4. The number of ether oxygens (including phenoxy) is 1. The molecule has 3 heterocycles. The Bertz CT molecular complexity index is 1270. The molecule has 3 N–H and O–H groups in total. The highest BCUT2D eigenvalue weighted by Gasteiger charge is 2.28. The van der Waals surface area contributed by atoms with Crippen LogP contribution in [0.15, 0.2) is 36.8 Å². The molecule has 5 rings (SSSR count). The van der Waals surface area contributed by atoms with Crippen molar-refractivity contribution < 1.29 is 9.53 Å². The third-order valence-electron chi connectivity index (χ3n) is 5.88. The number of hydrogen-bond donors (Lipinski definition) is 2. The van der Waals surface area contributed by atoms with E-state index in [1.807, 2.05) is 17.0 Å². The van der Waals surface area contributed by atoms with E-state index in [1.165, 1.54) is 6.92 Å². The first-order chi connectivity index (χ1) is 15.6. The maximum Gasteiger partial charge on any atom is 0.302 e. The van der Waals surface area contributed by atoms with E-state index in [9.17, 15) is 4.79 Å². The Morgan fingerprint density at radius 3 is 2.94 bits per heavy atom. The lowest BCUT2D eigenvalue weighted by atomic mass is 9.92. The van der Waals surface area contributed by atoms with Gasteiger partial charge in [-0.25, -0.2) is 15.0 Å². The molecule has 32 heavy (non-hydrogen) atoms. The van der Waals surface area contributed by atoms with Crippen molar-refractivity contribution in [2.45, 2.75) is 57.8 Å². The Morgan fingerprint density at radius 1 is 1.22 bits per heavy atom. The van der Waals surface area contributed by atoms with Crippen LogP contribution in [0.5, 0.6) is 0 Å². The summed E-state index contributed by atoms with van der Waals surface area (Å²) in [4.78, 5) is 25.2. The molecule has 0 bridgehead atoms. The molecule has 1 saturated carbocycles. The van der Waals surface area contributed by atoms with Gasteiger partial charge in [-0.1, -0.05) is 23.8 Å². The van der Waals surface area contributed by atoms with Crippen molar-refractivity contribution in [3.05, 3.63) is 47.9 Å². The number of carbonyl (C=O) groups excluding carboxylic acids is 1. The van der Waals surface area contributed by atoms with Crippen molar-refractivity contribution in [2.75, 3.05) is 5.32 Å². The van der Waals surface area contributed by atoms with Gasteiger partial charge >= 0.3 is 5.97 Å². The first-order valence-corrected chi connectivity index (χ1v) is 11.7. The maximum atomic E-state index is 11.5. The van der Waals surface area contributed by atoms with Crippen LogP contribution in [-0.4, -0.2) is 37.6 Å². The summed E-state index contributed by atoms with van der Waals surface area (Å²) in [6, 6.07) is 8.40. The van der Waals surface area contributed by atoms with Crippen LogP contribution in [-0.2, 0) is 22.6 Å². The fourth-order valence-corrected chi connectivity index (χ4v) is 5.31. The largest absolute Gasteiger partial charge is 0.460 e. The Kier molecular flexibility index (Phi) is 5.75. The molecule has 2 atom stereocenters. The SMILES string of the molecule is CC(=O)O[C@@H]1CCCC[C@H]1Nc1nc2ccc(Cn3cnc4cc(CN)cnc43)cc2s1. The number of imidazole rings is 1. The number of esters is 1. The Labute approximate surface area is 189 Å². The smallest absolute Gasteiger partial charge is 0.302 e. The number of nitrogens with zero attached hydrogens (tertiary/aromatic N) is 4. The quantitative estimate of drug-likeness (QED) is 0.430. The number of nitrogens with two attached hydrogens (primary N) is 1. The molecule has 8 nitrogen and oxygen atoms in total. The van der Waals surface area contributed by atoms with Crippen LogP contribution in [0.1, 0.15) is 43.7 Å². The molecular weight excluding hydrogens is 424 g/mol. The number of nitrogens with one attached hydrogen (secondary N) is 1. The predicted octanol–water partition coefficient (Wildman–Crippen LogP) is 3.83. The number of anilines is 1. The topological polar surface area (TPSA) is 108 Å². The van der Waals surface area contributed by atoms with E-state index in [0.717, 1.165) is 63.3 Å². The van der Waals surface area contributed by atoms with Crippen LogP contribution in [0.25, 0.3) is 21.4 Å². The molecule has 9 heteroatoms. The van der Waals surface area contributed by atoms with Crippen molar-refractivity contribution in [3.63, 3.8) is 0 Å². The minimum Gasteiger partial charge on any atom is -0.460 e. The molecule has 1 aliphatic rings. The highest BCUT2D eigenvalue weighted by Crippen LogP contribution is 2.31. The van der Waals surface area contributed by atoms with Gasteiger partial charge in [0.25, 0.3) is 0 Å². The van der Waals surface area contributed by atoms with Crippen molar-refractivity contribution in [2.24, 2.45) is 5.73 Å². The van der Waals surface area contributed by atoms with Gasteiger partial charge in [-0.05, 0) is 48.6 Å². The van der Waals surface area contributed by atoms with E-state index in [1.54, 1.807) is 17.5 Å². The van der Waals surface area contributed by atoms with Gasteiger partial charge in [-0.2, -0.15) is 0 Å². The molecule has 1 fully saturated rings. The Morgan fingerprint density at radius 2 is 2.09 bits per heavy atom. The maximum absolute atomic E-state index is 11.5. The molecule has 0 saturated heterocycles. The number of fused-ring (bicyclic) bond motifs is 2. The highest BCUT2D eigenvalue weighted by atomic mass is 32.1. The van der Waals surface area contributed by atoms with Crippen molar-refractivity contribution in [1.29, 1.82) is 0 Å². The summed E-state index contributed by atoms with van der Waals surface area (Å²) in [5.74, 6) is -0.224. The lowest BCUT2D eigenvalue weighted by Gasteiger charge is -2.31. The fourth-order valence-electron chi connectivity index (χ4n) is 4.32. The van der Waals surface area contributed by atoms with E-state index in [4.69, 9.17) is 15.5 Å². The lowest BCUT2D eigenvalue weighted by Crippen LogP contribution is -2.39. The van der Waals surface area contributed by atoms with Gasteiger partial charge in [0.2, 0.25) is 0 Å². The summed E-state index contributed by atoms with van der Waals surface area (Å²) in [7, 11) is 0. The number of benzene rings is 1. The van der Waals surface area contributed by atoms with Gasteiger partial charge in [0.1, 0.15) is 11.6 Å². The Balaban J connectivity index is 1.34. The van der Waals surface area contributed by atoms with Gasteiger partial charge in [0.05, 0.1) is 29.1 Å². The molecule has 3 aromatic heterocycles. The van der Waals surface area contributed by atoms with Crippen LogP contribution in [0.3, 0.4) is 0 Å². The van der Waals surface area contributed by atoms with Crippen LogP contribution >= 0.6 is 11.3 Å². The summed E-state index contributed by atoms with van der Waals surface area (Å²) >= 11 is 1.63. The van der Waals surface area contributed by atoms with Crippen LogP contribution in [0.2, 0.25) is 0 Å². The normalized spacial score (nSPS) is 18.8. The summed E-state index contributed by atoms with van der Waals surface area (Å²) in [5, 5.41) is 4.39. The van der Waals surface area contributed by atoms with Gasteiger partial charge in [0.15, 0.2) is 10.8 Å². The molecule has 4 aromatic rings. The van der Waals surface area contributed by atoms with Crippen molar-refractivity contribution >= 4 is 43.8 Å². The predicted molar refractivity (Wildman–Crippen MR) is 126 cm³/mol. The zero-order valence-corrected chi connectivity index (χ0v) is 18.8. The minimum absolute atomic E-state index is 0.0920. The van der Waals surface area contributed by atoms with E-state index in [-0.39, 0.29) is 18.1 Å². The summed E-state index contributed by atoms with van der Waals surface area (Å²) in [6.07, 6.45) is 7.62. The minimum atomic E-state index is -0.224. The molecule has 0 amide bonds. The second-order valence-electron chi connectivity index (χ2n) is 8.27. The molecule has 1 aromatic carbocycles. The first kappa shape index (κ1) is 20.8.